The lowest BCUT2D eigenvalue weighted by molar-refractivity contribution is -0.131. The van der Waals surface area contributed by atoms with Crippen molar-refractivity contribution >= 4 is 29.2 Å². The fourth-order valence-corrected chi connectivity index (χ4v) is 7.29. The van der Waals surface area contributed by atoms with Crippen molar-refractivity contribution in [3.8, 4) is 29.1 Å². The fourth-order valence-electron chi connectivity index (χ4n) is 7.29. The first-order valence-corrected chi connectivity index (χ1v) is 22.5. The second-order valence-corrected chi connectivity index (χ2v) is 15.9. The summed E-state index contributed by atoms with van der Waals surface area (Å²) in [4.78, 5) is 36.8. The van der Waals surface area contributed by atoms with Crippen molar-refractivity contribution < 1.29 is 28.5 Å². The Hall–Kier alpha value is -7.14. The smallest absolute Gasteiger partial charge is 0.223 e. The first-order chi connectivity index (χ1) is 32.1. The third-order valence-corrected chi connectivity index (χ3v) is 11.1. The highest BCUT2D eigenvalue weighted by molar-refractivity contribution is 5.95. The number of nitrogens with two attached hydrogens (primary N) is 2. The summed E-state index contributed by atoms with van der Waals surface area (Å²) in [6.45, 7) is 17.1. The molecule has 0 unspecified atom stereocenters. The SMILES string of the molecule is N=C(N)c1ccc(OCCCN2CCC(=O)N(CCCOc3ccc(C(=N)N)cc3)CC2)cc1.[C-]#[N+]c1ccc(OCCCN2CCN(CCCOc3ccc(C#N)cc3)CCC2=O)cc1. The monoisotopic (exact) mass is 898 g/mol. The van der Waals surface area contributed by atoms with E-state index in [-0.39, 0.29) is 23.5 Å². The lowest BCUT2D eigenvalue weighted by Crippen LogP contribution is -2.35. The van der Waals surface area contributed by atoms with Crippen LogP contribution in [0.2, 0.25) is 0 Å². The second-order valence-electron chi connectivity index (χ2n) is 15.9. The van der Waals surface area contributed by atoms with Gasteiger partial charge < -0.3 is 50.0 Å². The molecule has 0 aliphatic carbocycles. The number of ether oxygens (including phenoxy) is 4. The van der Waals surface area contributed by atoms with Crippen LogP contribution in [0.5, 0.6) is 23.0 Å². The van der Waals surface area contributed by atoms with E-state index in [1.807, 2.05) is 34.1 Å². The van der Waals surface area contributed by atoms with Gasteiger partial charge in [0, 0.05) is 89.4 Å². The van der Waals surface area contributed by atoms with Crippen LogP contribution in [0.15, 0.2) is 97.1 Å². The molecule has 348 valence electrons. The van der Waals surface area contributed by atoms with Gasteiger partial charge in [-0.2, -0.15) is 5.26 Å². The number of rotatable bonds is 22. The summed E-state index contributed by atoms with van der Waals surface area (Å²) in [7, 11) is 0. The van der Waals surface area contributed by atoms with E-state index >= 15 is 0 Å². The first kappa shape index (κ1) is 49.9. The maximum Gasteiger partial charge on any atom is 0.223 e. The molecule has 2 amide bonds. The molecule has 16 heteroatoms. The topological polar surface area (TPSA) is 212 Å². The standard InChI is InChI=1S/C25H34N6O3.C25H28N4O3/c26-24(27)19-3-7-21(8-4-19)33-17-1-12-30-14-11-23(32)31(16-15-30)13-2-18-34-22-9-5-20(6-10-22)25(28)29;1-27-22-6-10-24(11-7-22)32-19-3-14-29-17-16-28(15-12-25(29)30)13-2-18-31-23-8-4-21(20-26)5-9-23/h3-10H,1-2,11-18H2,(H3,26,27)(H3,28,29);4-11H,2-3,12-19H2. The van der Waals surface area contributed by atoms with Gasteiger partial charge in [-0.05, 0) is 111 Å². The molecule has 66 heavy (non-hydrogen) atoms. The second kappa shape index (κ2) is 27.2. The van der Waals surface area contributed by atoms with Gasteiger partial charge >= 0.3 is 0 Å². The molecule has 2 saturated heterocycles. The molecule has 2 heterocycles. The molecule has 6 rings (SSSR count). The molecular weight excluding hydrogens is 837 g/mol. The van der Waals surface area contributed by atoms with Gasteiger partial charge in [0.15, 0.2) is 5.69 Å². The zero-order valence-electron chi connectivity index (χ0n) is 37.7. The molecule has 4 aromatic carbocycles. The maximum absolute atomic E-state index is 12.5. The van der Waals surface area contributed by atoms with Crippen molar-refractivity contribution in [1.29, 1.82) is 16.1 Å². The number of nitrogens with one attached hydrogen (secondary N) is 2. The van der Waals surface area contributed by atoms with E-state index < -0.39 is 0 Å². The minimum atomic E-state index is 0.0354. The zero-order chi connectivity index (χ0) is 46.9. The molecule has 4 aromatic rings. The molecule has 0 atom stereocenters. The Morgan fingerprint density at radius 3 is 1.24 bits per heavy atom. The van der Waals surface area contributed by atoms with Crippen molar-refractivity contribution in [2.75, 3.05) is 91.9 Å². The molecule has 0 spiro atoms. The van der Waals surface area contributed by atoms with Crippen LogP contribution in [0.3, 0.4) is 0 Å². The van der Waals surface area contributed by atoms with Gasteiger partial charge in [-0.15, -0.1) is 0 Å². The number of amides is 2. The summed E-state index contributed by atoms with van der Waals surface area (Å²) in [6, 6.07) is 30.6. The number of hydrogen-bond donors (Lipinski definition) is 4. The van der Waals surface area contributed by atoms with Crippen LogP contribution < -0.4 is 30.4 Å². The summed E-state index contributed by atoms with van der Waals surface area (Å²) in [6.07, 6.45) is 4.36. The van der Waals surface area contributed by atoms with Gasteiger partial charge in [-0.1, -0.05) is 12.1 Å². The Morgan fingerprint density at radius 2 is 0.894 bits per heavy atom. The van der Waals surface area contributed by atoms with Crippen LogP contribution in [0.1, 0.15) is 55.2 Å². The number of amidine groups is 2. The van der Waals surface area contributed by atoms with E-state index in [0.29, 0.717) is 74.7 Å². The normalized spacial score (nSPS) is 14.4. The van der Waals surface area contributed by atoms with Crippen molar-refractivity contribution in [3.63, 3.8) is 0 Å². The van der Waals surface area contributed by atoms with Gasteiger partial charge in [-0.3, -0.25) is 20.4 Å². The average Bonchev–Trinajstić information content (AvgIpc) is 3.63. The van der Waals surface area contributed by atoms with Gasteiger partial charge in [0.2, 0.25) is 11.8 Å². The Kier molecular flexibility index (Phi) is 20.6. The highest BCUT2D eigenvalue weighted by atomic mass is 16.5. The Labute approximate surface area is 388 Å². The third kappa shape index (κ3) is 17.4. The van der Waals surface area contributed by atoms with Crippen LogP contribution in [0.25, 0.3) is 4.85 Å². The highest BCUT2D eigenvalue weighted by Crippen LogP contribution is 2.19. The number of nitrogens with zero attached hydrogens (tertiary/aromatic N) is 6. The predicted molar refractivity (Wildman–Crippen MR) is 254 cm³/mol. The summed E-state index contributed by atoms with van der Waals surface area (Å²) in [5, 5.41) is 23.7. The minimum Gasteiger partial charge on any atom is -0.494 e. The van der Waals surface area contributed by atoms with Crippen molar-refractivity contribution in [3.05, 3.63) is 125 Å². The molecule has 2 fully saturated rings. The van der Waals surface area contributed by atoms with Crippen molar-refractivity contribution in [2.45, 2.75) is 38.5 Å². The lowest BCUT2D eigenvalue weighted by atomic mass is 10.2. The zero-order valence-corrected chi connectivity index (χ0v) is 37.7. The molecule has 0 saturated carbocycles. The number of carbonyl (C=O) groups is 2. The largest absolute Gasteiger partial charge is 0.494 e. The van der Waals surface area contributed by atoms with Gasteiger partial charge in [0.25, 0.3) is 0 Å². The van der Waals surface area contributed by atoms with E-state index in [1.54, 1.807) is 72.8 Å². The molecular formula is C50H62N10O6. The van der Waals surface area contributed by atoms with E-state index in [1.165, 1.54) is 0 Å². The summed E-state index contributed by atoms with van der Waals surface area (Å²) in [5.41, 5.74) is 13.5. The van der Waals surface area contributed by atoms with Crippen LogP contribution >= 0.6 is 0 Å². The van der Waals surface area contributed by atoms with E-state index in [4.69, 9.17) is 53.1 Å². The number of hydrogen-bond acceptors (Lipinski definition) is 11. The number of nitriles is 1. The number of carbonyl (C=O) groups excluding carboxylic acids is 2. The molecule has 0 aromatic heterocycles. The van der Waals surface area contributed by atoms with Crippen LogP contribution in [-0.2, 0) is 9.59 Å². The molecule has 0 radical (unpaired) electrons. The summed E-state index contributed by atoms with van der Waals surface area (Å²) in [5.74, 6) is 3.48. The number of nitrogen functional groups attached to an aromatic ring is 2. The third-order valence-electron chi connectivity index (χ3n) is 11.1. The Morgan fingerprint density at radius 1 is 0.545 bits per heavy atom. The molecule has 0 bridgehead atoms. The lowest BCUT2D eigenvalue weighted by Gasteiger charge is -2.22. The minimum absolute atomic E-state index is 0.0354. The summed E-state index contributed by atoms with van der Waals surface area (Å²) >= 11 is 0. The van der Waals surface area contributed by atoms with Gasteiger partial charge in [0.1, 0.15) is 34.7 Å². The highest BCUT2D eigenvalue weighted by Gasteiger charge is 2.22. The summed E-state index contributed by atoms with van der Waals surface area (Å²) < 4.78 is 23.0. The maximum atomic E-state index is 12.5. The van der Waals surface area contributed by atoms with Crippen molar-refractivity contribution in [2.24, 2.45) is 11.5 Å². The Balaban J connectivity index is 0.000000248. The van der Waals surface area contributed by atoms with E-state index in [0.717, 1.165) is 101 Å². The average molecular weight is 899 g/mol. The van der Waals surface area contributed by atoms with Crippen molar-refractivity contribution in [1.82, 2.24) is 19.6 Å². The van der Waals surface area contributed by atoms with Gasteiger partial charge in [-0.25, -0.2) is 4.85 Å². The molecule has 2 aliphatic heterocycles. The quantitative estimate of drug-likeness (QED) is 0.0315. The first-order valence-electron chi connectivity index (χ1n) is 22.5. The number of benzene rings is 4. The van der Waals surface area contributed by atoms with Crippen LogP contribution in [-0.4, -0.2) is 135 Å². The van der Waals surface area contributed by atoms with Crippen LogP contribution in [0, 0.1) is 28.7 Å². The Bertz CT molecular complexity index is 2230. The van der Waals surface area contributed by atoms with E-state index in [9.17, 15) is 9.59 Å². The molecule has 2 aliphatic rings. The van der Waals surface area contributed by atoms with Crippen LogP contribution in [0.4, 0.5) is 5.69 Å². The molecule has 6 N–H and O–H groups in total. The van der Waals surface area contributed by atoms with Gasteiger partial charge in [0.05, 0.1) is 44.6 Å². The predicted octanol–water partition coefficient (Wildman–Crippen LogP) is 5.91. The molecule has 16 nitrogen and oxygen atoms in total. The van der Waals surface area contributed by atoms with E-state index in [2.05, 4.69) is 20.7 Å². The fraction of sp³-hybridized carbons (Fsp3) is 0.400.